The Hall–Kier alpha value is -1.96. The van der Waals surface area contributed by atoms with Crippen molar-refractivity contribution in [3.05, 3.63) is 35.2 Å². The van der Waals surface area contributed by atoms with Gasteiger partial charge in [0.15, 0.2) is 0 Å². The Morgan fingerprint density at radius 1 is 1.23 bits per heavy atom. The van der Waals surface area contributed by atoms with Gasteiger partial charge in [-0.2, -0.15) is 4.98 Å². The molecular formula is C18H23ClN4O3. The van der Waals surface area contributed by atoms with Crippen LogP contribution in [0.2, 0.25) is 5.02 Å². The third kappa shape index (κ3) is 5.79. The van der Waals surface area contributed by atoms with Crippen molar-refractivity contribution in [1.82, 2.24) is 20.4 Å². The van der Waals surface area contributed by atoms with E-state index in [1.807, 2.05) is 12.1 Å². The van der Waals surface area contributed by atoms with E-state index in [0.29, 0.717) is 36.1 Å². The van der Waals surface area contributed by atoms with Crippen molar-refractivity contribution < 1.29 is 14.1 Å². The van der Waals surface area contributed by atoms with Gasteiger partial charge in [-0.25, -0.2) is 0 Å². The van der Waals surface area contributed by atoms with E-state index < -0.39 is 0 Å². The number of hydrogen-bond acceptors (Lipinski definition) is 6. The summed E-state index contributed by atoms with van der Waals surface area (Å²) in [5.74, 6) is 0.958. The number of morpholine rings is 1. The van der Waals surface area contributed by atoms with Gasteiger partial charge < -0.3 is 14.6 Å². The minimum atomic E-state index is -0.00165. The van der Waals surface area contributed by atoms with Crippen LogP contribution in [0, 0.1) is 0 Å². The van der Waals surface area contributed by atoms with Crippen molar-refractivity contribution in [2.75, 3.05) is 39.4 Å². The van der Waals surface area contributed by atoms with Crippen LogP contribution in [-0.4, -0.2) is 60.3 Å². The number of aromatic nitrogens is 2. The number of ether oxygens (including phenoxy) is 1. The number of nitrogens with zero attached hydrogens (tertiary/aromatic N) is 3. The summed E-state index contributed by atoms with van der Waals surface area (Å²) in [5, 5.41) is 7.54. The van der Waals surface area contributed by atoms with Gasteiger partial charge >= 0.3 is 0 Å². The average Bonchev–Trinajstić information content (AvgIpc) is 3.14. The number of aryl methyl sites for hydroxylation is 1. The first-order valence-electron chi connectivity index (χ1n) is 8.86. The first kappa shape index (κ1) is 18.8. The fourth-order valence-electron chi connectivity index (χ4n) is 2.74. The Kier molecular flexibility index (Phi) is 6.99. The quantitative estimate of drug-likeness (QED) is 0.709. The highest BCUT2D eigenvalue weighted by Crippen LogP contribution is 2.18. The molecule has 26 heavy (non-hydrogen) atoms. The molecule has 2 aromatic rings. The molecule has 3 rings (SSSR count). The number of amides is 1. The summed E-state index contributed by atoms with van der Waals surface area (Å²) in [4.78, 5) is 18.6. The predicted molar refractivity (Wildman–Crippen MR) is 98.0 cm³/mol. The van der Waals surface area contributed by atoms with Crippen LogP contribution in [0.15, 0.2) is 28.8 Å². The van der Waals surface area contributed by atoms with Gasteiger partial charge in [0.05, 0.1) is 13.2 Å². The fraction of sp³-hybridized carbons (Fsp3) is 0.500. The molecule has 1 amide bonds. The van der Waals surface area contributed by atoms with Gasteiger partial charge in [-0.3, -0.25) is 9.69 Å². The Morgan fingerprint density at radius 3 is 2.77 bits per heavy atom. The zero-order valence-electron chi connectivity index (χ0n) is 14.6. The molecular weight excluding hydrogens is 356 g/mol. The third-order valence-corrected chi connectivity index (χ3v) is 4.47. The largest absolute Gasteiger partial charge is 0.379 e. The summed E-state index contributed by atoms with van der Waals surface area (Å²) >= 11 is 5.87. The molecule has 1 N–H and O–H groups in total. The maximum atomic E-state index is 11.9. The molecule has 0 unspecified atom stereocenters. The lowest BCUT2D eigenvalue weighted by Crippen LogP contribution is -2.38. The third-order valence-electron chi connectivity index (χ3n) is 4.21. The molecule has 8 heteroatoms. The molecule has 1 aromatic heterocycles. The molecule has 1 aliphatic heterocycles. The summed E-state index contributed by atoms with van der Waals surface area (Å²) in [6.45, 7) is 5.21. The van der Waals surface area contributed by atoms with Crippen molar-refractivity contribution >= 4 is 17.5 Å². The Bertz CT molecular complexity index is 699. The first-order valence-corrected chi connectivity index (χ1v) is 9.24. The zero-order chi connectivity index (χ0) is 18.2. The molecule has 1 fully saturated rings. The lowest BCUT2D eigenvalue weighted by atomic mass is 10.2. The number of hydrogen-bond donors (Lipinski definition) is 1. The summed E-state index contributed by atoms with van der Waals surface area (Å²) in [6, 6.07) is 7.21. The topological polar surface area (TPSA) is 80.5 Å². The van der Waals surface area contributed by atoms with Gasteiger partial charge in [0, 0.05) is 43.1 Å². The lowest BCUT2D eigenvalue weighted by Gasteiger charge is -2.26. The molecule has 1 aliphatic rings. The molecule has 7 nitrogen and oxygen atoms in total. The Morgan fingerprint density at radius 2 is 2.00 bits per heavy atom. The van der Waals surface area contributed by atoms with E-state index >= 15 is 0 Å². The van der Waals surface area contributed by atoms with E-state index in [0.717, 1.165) is 44.8 Å². The zero-order valence-corrected chi connectivity index (χ0v) is 15.4. The molecule has 0 radical (unpaired) electrons. The van der Waals surface area contributed by atoms with Crippen LogP contribution in [0.1, 0.15) is 18.7 Å². The highest BCUT2D eigenvalue weighted by molar-refractivity contribution is 6.30. The molecule has 0 spiro atoms. The molecule has 0 aliphatic carbocycles. The second-order valence-corrected chi connectivity index (χ2v) is 6.61. The molecule has 0 saturated carbocycles. The van der Waals surface area contributed by atoms with E-state index in [1.165, 1.54) is 0 Å². The van der Waals surface area contributed by atoms with Gasteiger partial charge in [0.25, 0.3) is 0 Å². The van der Waals surface area contributed by atoms with Gasteiger partial charge in [0.1, 0.15) is 0 Å². The number of nitrogens with one attached hydrogen (secondary N) is 1. The normalized spacial score (nSPS) is 15.1. The number of benzene rings is 1. The summed E-state index contributed by atoms with van der Waals surface area (Å²) < 4.78 is 10.5. The molecule has 0 atom stereocenters. The van der Waals surface area contributed by atoms with Crippen molar-refractivity contribution in [3.63, 3.8) is 0 Å². The molecule has 2 heterocycles. The van der Waals surface area contributed by atoms with Crippen LogP contribution in [0.25, 0.3) is 11.4 Å². The smallest absolute Gasteiger partial charge is 0.227 e. The fourth-order valence-corrected chi connectivity index (χ4v) is 2.86. The van der Waals surface area contributed by atoms with E-state index in [1.54, 1.807) is 12.1 Å². The first-order chi connectivity index (χ1) is 12.7. The van der Waals surface area contributed by atoms with E-state index in [9.17, 15) is 4.79 Å². The minimum Gasteiger partial charge on any atom is -0.379 e. The van der Waals surface area contributed by atoms with Crippen molar-refractivity contribution in [2.24, 2.45) is 0 Å². The summed E-state index contributed by atoms with van der Waals surface area (Å²) in [5.41, 5.74) is 0.831. The van der Waals surface area contributed by atoms with Crippen LogP contribution in [0.5, 0.6) is 0 Å². The van der Waals surface area contributed by atoms with E-state index in [4.69, 9.17) is 20.9 Å². The van der Waals surface area contributed by atoms with Gasteiger partial charge in [-0.1, -0.05) is 16.8 Å². The second-order valence-electron chi connectivity index (χ2n) is 6.18. The van der Waals surface area contributed by atoms with E-state index in [2.05, 4.69) is 20.4 Å². The molecule has 1 saturated heterocycles. The maximum absolute atomic E-state index is 11.9. The summed E-state index contributed by atoms with van der Waals surface area (Å²) in [6.07, 6.45) is 1.70. The number of halogens is 1. The Balaban J connectivity index is 1.34. The van der Waals surface area contributed by atoms with Gasteiger partial charge in [-0.15, -0.1) is 0 Å². The maximum Gasteiger partial charge on any atom is 0.227 e. The van der Waals surface area contributed by atoms with Crippen molar-refractivity contribution in [2.45, 2.75) is 19.3 Å². The molecule has 1 aromatic carbocycles. The number of carbonyl (C=O) groups is 1. The van der Waals surface area contributed by atoms with Crippen LogP contribution in [0.4, 0.5) is 0 Å². The van der Waals surface area contributed by atoms with Gasteiger partial charge in [0.2, 0.25) is 17.6 Å². The number of carbonyl (C=O) groups excluding carboxylic acids is 1. The van der Waals surface area contributed by atoms with Crippen LogP contribution < -0.4 is 5.32 Å². The van der Waals surface area contributed by atoms with Crippen molar-refractivity contribution in [3.8, 4) is 11.4 Å². The number of rotatable bonds is 8. The molecule has 140 valence electrons. The summed E-state index contributed by atoms with van der Waals surface area (Å²) in [7, 11) is 0. The molecule has 0 bridgehead atoms. The lowest BCUT2D eigenvalue weighted by molar-refractivity contribution is -0.121. The van der Waals surface area contributed by atoms with E-state index in [-0.39, 0.29) is 5.91 Å². The standard InChI is InChI=1S/C18H23ClN4O3/c19-15-4-2-14(3-5-15)18-21-17(26-22-18)7-6-16(24)20-8-1-9-23-10-12-25-13-11-23/h2-5H,1,6-13H2,(H,20,24). The highest BCUT2D eigenvalue weighted by Gasteiger charge is 2.12. The van der Waals surface area contributed by atoms with Crippen LogP contribution in [-0.2, 0) is 16.0 Å². The van der Waals surface area contributed by atoms with Crippen LogP contribution in [0.3, 0.4) is 0 Å². The monoisotopic (exact) mass is 378 g/mol. The van der Waals surface area contributed by atoms with Crippen molar-refractivity contribution in [1.29, 1.82) is 0 Å². The predicted octanol–water partition coefficient (Wildman–Crippen LogP) is 2.16. The highest BCUT2D eigenvalue weighted by atomic mass is 35.5. The van der Waals surface area contributed by atoms with Crippen LogP contribution >= 0.6 is 11.6 Å². The average molecular weight is 379 g/mol. The van der Waals surface area contributed by atoms with Gasteiger partial charge in [-0.05, 0) is 37.2 Å². The Labute approximate surface area is 157 Å². The minimum absolute atomic E-state index is 0.00165. The second kappa shape index (κ2) is 9.66. The SMILES string of the molecule is O=C(CCc1nc(-c2ccc(Cl)cc2)no1)NCCCN1CCOCC1.